The van der Waals surface area contributed by atoms with Crippen LogP contribution >= 0.6 is 0 Å². The molecule has 5 rings (SSSR count). The number of ketones is 1. The first-order valence-corrected chi connectivity index (χ1v) is 12.0. The van der Waals surface area contributed by atoms with Crippen LogP contribution in [0.5, 0.6) is 5.75 Å². The molecule has 32 heavy (non-hydrogen) atoms. The van der Waals surface area contributed by atoms with Gasteiger partial charge < -0.3 is 9.64 Å². The second-order valence-corrected chi connectivity index (χ2v) is 9.43. The Labute approximate surface area is 190 Å². The molecule has 1 fully saturated rings. The molecule has 0 spiro atoms. The number of hydrogen-bond acceptors (Lipinski definition) is 4. The minimum atomic E-state index is 0.229. The number of Topliss-reactive ketones (excluding diaryl/α,β-unsaturated/α-hetero) is 1. The number of likely N-dealkylation sites (tertiary alicyclic amines) is 1. The number of hydrogen-bond donors (Lipinski definition) is 0. The number of rotatable bonds is 7. The van der Waals surface area contributed by atoms with Crippen molar-refractivity contribution < 1.29 is 14.3 Å². The van der Waals surface area contributed by atoms with Crippen molar-refractivity contribution in [2.24, 2.45) is 5.92 Å². The van der Waals surface area contributed by atoms with Crippen molar-refractivity contribution in [3.63, 3.8) is 0 Å². The Kier molecular flexibility index (Phi) is 6.01. The highest BCUT2D eigenvalue weighted by molar-refractivity contribution is 6.02. The molecule has 0 aliphatic carbocycles. The Morgan fingerprint density at radius 1 is 1.03 bits per heavy atom. The monoisotopic (exact) mass is 432 g/mol. The van der Waals surface area contributed by atoms with Crippen molar-refractivity contribution in [2.75, 3.05) is 31.6 Å². The van der Waals surface area contributed by atoms with E-state index in [1.165, 1.54) is 16.7 Å². The van der Waals surface area contributed by atoms with Gasteiger partial charge in [0.05, 0.1) is 12.8 Å². The highest BCUT2D eigenvalue weighted by Crippen LogP contribution is 2.38. The summed E-state index contributed by atoms with van der Waals surface area (Å²) in [7, 11) is 1.73. The molecule has 0 aromatic heterocycles. The fourth-order valence-electron chi connectivity index (χ4n) is 5.61. The van der Waals surface area contributed by atoms with Gasteiger partial charge in [0, 0.05) is 37.1 Å². The van der Waals surface area contributed by atoms with Crippen LogP contribution < -0.4 is 9.64 Å². The highest BCUT2D eigenvalue weighted by Gasteiger charge is 2.32. The number of carbonyl (C=O) groups is 2. The van der Waals surface area contributed by atoms with E-state index in [0.29, 0.717) is 18.8 Å². The molecule has 1 amide bonds. The maximum Gasteiger partial charge on any atom is 0.227 e. The lowest BCUT2D eigenvalue weighted by atomic mass is 9.89. The molecule has 0 saturated carbocycles. The molecule has 2 aromatic carbocycles. The first-order chi connectivity index (χ1) is 15.6. The van der Waals surface area contributed by atoms with Crippen LogP contribution in [0.4, 0.5) is 5.69 Å². The Hall–Kier alpha value is -2.66. The van der Waals surface area contributed by atoms with Gasteiger partial charge in [-0.1, -0.05) is 18.2 Å². The summed E-state index contributed by atoms with van der Waals surface area (Å²) in [5.41, 5.74) is 5.56. The van der Waals surface area contributed by atoms with E-state index in [2.05, 4.69) is 29.2 Å². The summed E-state index contributed by atoms with van der Waals surface area (Å²) in [5.74, 6) is 2.07. The van der Waals surface area contributed by atoms with Crippen LogP contribution in [0, 0.1) is 5.92 Å². The van der Waals surface area contributed by atoms with Crippen LogP contribution in [0.25, 0.3) is 0 Å². The number of methoxy groups -OCH3 is 1. The maximum atomic E-state index is 13.0. The van der Waals surface area contributed by atoms with Crippen LogP contribution in [0.15, 0.2) is 36.4 Å². The normalized spacial score (nSPS) is 18.7. The van der Waals surface area contributed by atoms with Crippen molar-refractivity contribution in [1.29, 1.82) is 0 Å². The number of amides is 1. The third kappa shape index (κ3) is 4.18. The van der Waals surface area contributed by atoms with Gasteiger partial charge in [0.25, 0.3) is 0 Å². The summed E-state index contributed by atoms with van der Waals surface area (Å²) >= 11 is 0. The molecule has 3 heterocycles. The molecular formula is C27H32N2O3. The molecule has 1 saturated heterocycles. The quantitative estimate of drug-likeness (QED) is 0.609. The molecule has 0 radical (unpaired) electrons. The van der Waals surface area contributed by atoms with Gasteiger partial charge in [-0.2, -0.15) is 0 Å². The molecule has 0 bridgehead atoms. The second-order valence-electron chi connectivity index (χ2n) is 9.43. The number of nitrogens with zero attached hydrogens (tertiary/aromatic N) is 2. The Bertz CT molecular complexity index is 1020. The standard InChI is InChI=1S/C27H32N2O3/c1-32-25-5-3-2-4-22(25)18-28-13-10-19(11-14-28)6-8-24(30)23-16-20-7-9-26(31)29-15-12-21(17-23)27(20)29/h2-5,16-17,19H,6-15,18H2,1H3. The van der Waals surface area contributed by atoms with Gasteiger partial charge in [-0.3, -0.25) is 14.5 Å². The van der Waals surface area contributed by atoms with E-state index in [0.717, 1.165) is 75.3 Å². The van der Waals surface area contributed by atoms with Crippen molar-refractivity contribution in [2.45, 2.75) is 51.5 Å². The zero-order valence-corrected chi connectivity index (χ0v) is 18.9. The number of piperidine rings is 1. The summed E-state index contributed by atoms with van der Waals surface area (Å²) in [6, 6.07) is 12.4. The number of ether oxygens (including phenoxy) is 1. The minimum Gasteiger partial charge on any atom is -0.496 e. The number of aryl methyl sites for hydroxylation is 1. The van der Waals surface area contributed by atoms with Gasteiger partial charge in [-0.25, -0.2) is 0 Å². The van der Waals surface area contributed by atoms with Crippen LogP contribution in [-0.4, -0.2) is 43.3 Å². The lowest BCUT2D eigenvalue weighted by Crippen LogP contribution is -2.33. The van der Waals surface area contributed by atoms with E-state index in [-0.39, 0.29) is 11.7 Å². The average molecular weight is 433 g/mol. The highest BCUT2D eigenvalue weighted by atomic mass is 16.5. The largest absolute Gasteiger partial charge is 0.496 e. The minimum absolute atomic E-state index is 0.229. The Balaban J connectivity index is 1.14. The number of anilines is 1. The predicted octanol–water partition coefficient (Wildman–Crippen LogP) is 4.41. The molecule has 0 atom stereocenters. The van der Waals surface area contributed by atoms with E-state index >= 15 is 0 Å². The lowest BCUT2D eigenvalue weighted by molar-refractivity contribution is -0.118. The molecule has 0 unspecified atom stereocenters. The topological polar surface area (TPSA) is 49.9 Å². The summed E-state index contributed by atoms with van der Waals surface area (Å²) in [5, 5.41) is 0. The van der Waals surface area contributed by atoms with Gasteiger partial charge in [0.2, 0.25) is 5.91 Å². The molecule has 3 aliphatic heterocycles. The van der Waals surface area contributed by atoms with E-state index in [1.807, 2.05) is 17.0 Å². The third-order valence-corrected chi connectivity index (χ3v) is 7.45. The average Bonchev–Trinajstić information content (AvgIpc) is 3.26. The Morgan fingerprint density at radius 3 is 2.56 bits per heavy atom. The number of carbonyl (C=O) groups excluding carboxylic acids is 2. The molecule has 2 aromatic rings. The molecule has 5 nitrogen and oxygen atoms in total. The van der Waals surface area contributed by atoms with Gasteiger partial charge in [0.1, 0.15) is 5.75 Å². The van der Waals surface area contributed by atoms with Crippen LogP contribution in [-0.2, 0) is 24.2 Å². The van der Waals surface area contributed by atoms with Crippen molar-refractivity contribution >= 4 is 17.4 Å². The van der Waals surface area contributed by atoms with Crippen molar-refractivity contribution in [3.05, 3.63) is 58.7 Å². The zero-order chi connectivity index (χ0) is 22.1. The molecule has 5 heteroatoms. The van der Waals surface area contributed by atoms with Crippen molar-refractivity contribution in [1.82, 2.24) is 4.90 Å². The SMILES string of the molecule is COc1ccccc1CN1CCC(CCC(=O)c2cc3c4c(c2)CCN4C(=O)CC3)CC1. The van der Waals surface area contributed by atoms with E-state index in [9.17, 15) is 9.59 Å². The molecule has 3 aliphatic rings. The van der Waals surface area contributed by atoms with Crippen molar-refractivity contribution in [3.8, 4) is 5.75 Å². The first-order valence-electron chi connectivity index (χ1n) is 12.0. The van der Waals surface area contributed by atoms with Gasteiger partial charge in [-0.05, 0) is 80.4 Å². The summed E-state index contributed by atoms with van der Waals surface area (Å²) in [4.78, 5) is 29.5. The molecule has 168 valence electrons. The number of para-hydroxylation sites is 1. The third-order valence-electron chi connectivity index (χ3n) is 7.45. The summed E-state index contributed by atoms with van der Waals surface area (Å²) < 4.78 is 5.49. The fourth-order valence-corrected chi connectivity index (χ4v) is 5.61. The molecule has 0 N–H and O–H groups in total. The van der Waals surface area contributed by atoms with Crippen LogP contribution in [0.2, 0.25) is 0 Å². The van der Waals surface area contributed by atoms with Gasteiger partial charge >= 0.3 is 0 Å². The maximum absolute atomic E-state index is 13.0. The summed E-state index contributed by atoms with van der Waals surface area (Å²) in [6.45, 7) is 3.84. The summed E-state index contributed by atoms with van der Waals surface area (Å²) in [6.07, 6.45) is 6.10. The smallest absolute Gasteiger partial charge is 0.227 e. The van der Waals surface area contributed by atoms with E-state index in [1.54, 1.807) is 7.11 Å². The van der Waals surface area contributed by atoms with E-state index in [4.69, 9.17) is 4.74 Å². The van der Waals surface area contributed by atoms with Crippen LogP contribution in [0.3, 0.4) is 0 Å². The van der Waals surface area contributed by atoms with Gasteiger partial charge in [-0.15, -0.1) is 0 Å². The number of benzene rings is 2. The predicted molar refractivity (Wildman–Crippen MR) is 125 cm³/mol. The van der Waals surface area contributed by atoms with E-state index < -0.39 is 0 Å². The zero-order valence-electron chi connectivity index (χ0n) is 18.9. The lowest BCUT2D eigenvalue weighted by Gasteiger charge is -2.32. The fraction of sp³-hybridized carbons (Fsp3) is 0.481. The second kappa shape index (κ2) is 9.07. The first kappa shape index (κ1) is 21.2. The van der Waals surface area contributed by atoms with Crippen LogP contribution in [0.1, 0.15) is 59.2 Å². The molecular weight excluding hydrogens is 400 g/mol. The Morgan fingerprint density at radius 2 is 1.78 bits per heavy atom. The van der Waals surface area contributed by atoms with Gasteiger partial charge in [0.15, 0.2) is 5.78 Å².